The first-order chi connectivity index (χ1) is 6.37. The maximum atomic E-state index is 3.88. The lowest BCUT2D eigenvalue weighted by molar-refractivity contribution is 0.619. The van der Waals surface area contributed by atoms with E-state index in [-0.39, 0.29) is 5.41 Å². The largest absolute Gasteiger partial charge is 0.0985 e. The van der Waals surface area contributed by atoms with Crippen LogP contribution in [0.15, 0.2) is 47.1 Å². The van der Waals surface area contributed by atoms with E-state index in [0.717, 1.165) is 0 Å². The van der Waals surface area contributed by atoms with Crippen molar-refractivity contribution < 1.29 is 0 Å². The first-order valence-corrected chi connectivity index (χ1v) is 5.10. The summed E-state index contributed by atoms with van der Waals surface area (Å²) in [4.78, 5) is 0. The average Bonchev–Trinajstić information content (AvgIpc) is 2.08. The minimum absolute atomic E-state index is 0.153. The van der Waals surface area contributed by atoms with Gasteiger partial charge in [0.25, 0.3) is 0 Å². The van der Waals surface area contributed by atoms with Crippen molar-refractivity contribution in [3.63, 3.8) is 0 Å². The molecule has 0 saturated heterocycles. The standard InChI is InChI=1S/C14H20/c1-7-13-11(3)9-14(5,6)8-10(2)12(13)4/h7-9H,1H2,2-6H3. The van der Waals surface area contributed by atoms with Crippen LogP contribution in [0.25, 0.3) is 0 Å². The van der Waals surface area contributed by atoms with Gasteiger partial charge in [0.05, 0.1) is 0 Å². The highest BCUT2D eigenvalue weighted by molar-refractivity contribution is 5.51. The second-order valence-electron chi connectivity index (χ2n) is 4.72. The molecule has 0 fully saturated rings. The molecule has 1 aliphatic rings. The zero-order valence-electron chi connectivity index (χ0n) is 9.94. The van der Waals surface area contributed by atoms with E-state index in [4.69, 9.17) is 0 Å². The molecule has 0 nitrogen and oxygen atoms in total. The van der Waals surface area contributed by atoms with Crippen LogP contribution in [0.1, 0.15) is 34.6 Å². The first kappa shape index (κ1) is 11.0. The predicted molar refractivity (Wildman–Crippen MR) is 64.2 cm³/mol. The van der Waals surface area contributed by atoms with Gasteiger partial charge in [0.1, 0.15) is 0 Å². The highest BCUT2D eigenvalue weighted by Gasteiger charge is 2.17. The van der Waals surface area contributed by atoms with E-state index in [9.17, 15) is 0 Å². The summed E-state index contributed by atoms with van der Waals surface area (Å²) in [5.74, 6) is 0. The summed E-state index contributed by atoms with van der Waals surface area (Å²) in [6.45, 7) is 14.9. The molecule has 0 aromatic carbocycles. The lowest BCUT2D eigenvalue weighted by Crippen LogP contribution is -2.03. The SMILES string of the molecule is C=CC1=C(C)C(C)=CC(C)(C)C=C1C. The van der Waals surface area contributed by atoms with Crippen molar-refractivity contribution in [2.75, 3.05) is 0 Å². The summed E-state index contributed by atoms with van der Waals surface area (Å²) >= 11 is 0. The predicted octanol–water partition coefficient (Wildman–Crippen LogP) is 4.42. The molecule has 0 aromatic rings. The fourth-order valence-corrected chi connectivity index (χ4v) is 2.17. The van der Waals surface area contributed by atoms with Crippen LogP contribution in [0.5, 0.6) is 0 Å². The fourth-order valence-electron chi connectivity index (χ4n) is 2.17. The molecule has 76 valence electrons. The molecular formula is C14H20. The van der Waals surface area contributed by atoms with Crippen molar-refractivity contribution in [1.29, 1.82) is 0 Å². The van der Waals surface area contributed by atoms with Crippen LogP contribution >= 0.6 is 0 Å². The van der Waals surface area contributed by atoms with Crippen molar-refractivity contribution in [2.45, 2.75) is 34.6 Å². The van der Waals surface area contributed by atoms with E-state index in [1.165, 1.54) is 22.3 Å². The number of hydrogen-bond acceptors (Lipinski definition) is 0. The minimum Gasteiger partial charge on any atom is -0.0985 e. The Morgan fingerprint density at radius 1 is 1.07 bits per heavy atom. The lowest BCUT2D eigenvalue weighted by Gasteiger charge is -2.15. The molecule has 0 aliphatic heterocycles. The smallest absolute Gasteiger partial charge is 0.00161 e. The monoisotopic (exact) mass is 188 g/mol. The second kappa shape index (κ2) is 3.61. The first-order valence-electron chi connectivity index (χ1n) is 5.10. The molecule has 0 unspecified atom stereocenters. The second-order valence-corrected chi connectivity index (χ2v) is 4.72. The van der Waals surface area contributed by atoms with Crippen LogP contribution in [0.4, 0.5) is 0 Å². The molecule has 0 amide bonds. The summed E-state index contributed by atoms with van der Waals surface area (Å²) in [6.07, 6.45) is 6.59. The quantitative estimate of drug-likeness (QED) is 0.571. The molecule has 0 radical (unpaired) electrons. The highest BCUT2D eigenvalue weighted by Crippen LogP contribution is 2.33. The van der Waals surface area contributed by atoms with Crippen LogP contribution in [-0.2, 0) is 0 Å². The number of allylic oxidation sites excluding steroid dienone is 7. The summed E-state index contributed by atoms with van der Waals surface area (Å²) in [5.41, 5.74) is 5.47. The van der Waals surface area contributed by atoms with Gasteiger partial charge < -0.3 is 0 Å². The zero-order valence-corrected chi connectivity index (χ0v) is 9.94. The molecule has 1 rings (SSSR count). The summed E-state index contributed by atoms with van der Waals surface area (Å²) in [6, 6.07) is 0. The Kier molecular flexibility index (Phi) is 2.84. The van der Waals surface area contributed by atoms with Gasteiger partial charge >= 0.3 is 0 Å². The molecule has 1 aliphatic carbocycles. The molecule has 0 heteroatoms. The molecule has 0 bridgehead atoms. The molecular weight excluding hydrogens is 168 g/mol. The van der Waals surface area contributed by atoms with Gasteiger partial charge in [-0.05, 0) is 37.5 Å². The lowest BCUT2D eigenvalue weighted by atomic mass is 9.90. The maximum Gasteiger partial charge on any atom is 0.00161 e. The van der Waals surface area contributed by atoms with Gasteiger partial charge in [-0.25, -0.2) is 0 Å². The van der Waals surface area contributed by atoms with E-state index in [2.05, 4.69) is 53.3 Å². The molecule has 0 aromatic heterocycles. The Hall–Kier alpha value is -1.04. The molecule has 0 heterocycles. The van der Waals surface area contributed by atoms with Crippen molar-refractivity contribution in [2.24, 2.45) is 5.41 Å². The fraction of sp³-hybridized carbons (Fsp3) is 0.429. The van der Waals surface area contributed by atoms with E-state index in [0.29, 0.717) is 0 Å². The van der Waals surface area contributed by atoms with E-state index in [1.54, 1.807) is 0 Å². The van der Waals surface area contributed by atoms with Gasteiger partial charge in [0, 0.05) is 5.41 Å². The van der Waals surface area contributed by atoms with Crippen molar-refractivity contribution >= 4 is 0 Å². The Morgan fingerprint density at radius 3 is 2.07 bits per heavy atom. The van der Waals surface area contributed by atoms with Crippen LogP contribution in [0.2, 0.25) is 0 Å². The normalized spacial score (nSPS) is 21.2. The van der Waals surface area contributed by atoms with Crippen LogP contribution in [0, 0.1) is 5.41 Å². The molecule has 0 spiro atoms. The molecule has 14 heavy (non-hydrogen) atoms. The van der Waals surface area contributed by atoms with Gasteiger partial charge in [0.2, 0.25) is 0 Å². The summed E-state index contributed by atoms with van der Waals surface area (Å²) in [7, 11) is 0. The average molecular weight is 188 g/mol. The number of rotatable bonds is 1. The molecule has 0 saturated carbocycles. The summed E-state index contributed by atoms with van der Waals surface area (Å²) < 4.78 is 0. The third kappa shape index (κ3) is 2.06. The Labute approximate surface area is 87.7 Å². The molecule has 0 N–H and O–H groups in total. The van der Waals surface area contributed by atoms with Crippen LogP contribution < -0.4 is 0 Å². The van der Waals surface area contributed by atoms with Crippen molar-refractivity contribution in [3.8, 4) is 0 Å². The van der Waals surface area contributed by atoms with Gasteiger partial charge in [-0.1, -0.05) is 44.2 Å². The Morgan fingerprint density at radius 2 is 1.57 bits per heavy atom. The minimum atomic E-state index is 0.153. The van der Waals surface area contributed by atoms with E-state index in [1.807, 2.05) is 6.08 Å². The Balaban J connectivity index is 3.38. The maximum absolute atomic E-state index is 3.88. The van der Waals surface area contributed by atoms with Crippen molar-refractivity contribution in [1.82, 2.24) is 0 Å². The highest BCUT2D eigenvalue weighted by atomic mass is 14.2. The van der Waals surface area contributed by atoms with Gasteiger partial charge in [-0.3, -0.25) is 0 Å². The Bertz CT molecular complexity index is 346. The number of hydrogen-bond donors (Lipinski definition) is 0. The van der Waals surface area contributed by atoms with Gasteiger partial charge in [0.15, 0.2) is 0 Å². The summed E-state index contributed by atoms with van der Waals surface area (Å²) in [5, 5.41) is 0. The van der Waals surface area contributed by atoms with E-state index >= 15 is 0 Å². The van der Waals surface area contributed by atoms with Crippen LogP contribution in [0.3, 0.4) is 0 Å². The molecule has 0 atom stereocenters. The van der Waals surface area contributed by atoms with Gasteiger partial charge in [-0.2, -0.15) is 0 Å². The van der Waals surface area contributed by atoms with Crippen LogP contribution in [-0.4, -0.2) is 0 Å². The third-order valence-corrected chi connectivity index (χ3v) is 2.80. The van der Waals surface area contributed by atoms with Gasteiger partial charge in [-0.15, -0.1) is 0 Å². The van der Waals surface area contributed by atoms with E-state index < -0.39 is 0 Å². The third-order valence-electron chi connectivity index (χ3n) is 2.80. The van der Waals surface area contributed by atoms with Crippen molar-refractivity contribution in [3.05, 3.63) is 47.1 Å². The zero-order chi connectivity index (χ0) is 10.9. The topological polar surface area (TPSA) is 0 Å².